The molecule has 3 N–H and O–H groups in total. The number of nitrogens with zero attached hydrogens (tertiary/aromatic N) is 1. The van der Waals surface area contributed by atoms with E-state index in [9.17, 15) is 0 Å². The second kappa shape index (κ2) is 5.70. The van der Waals surface area contributed by atoms with Crippen molar-refractivity contribution in [3.8, 4) is 0 Å². The van der Waals surface area contributed by atoms with Crippen molar-refractivity contribution in [2.75, 3.05) is 19.0 Å². The predicted octanol–water partition coefficient (Wildman–Crippen LogP) is 1.09. The second-order valence-corrected chi connectivity index (χ2v) is 2.23. The summed E-state index contributed by atoms with van der Waals surface area (Å²) in [6.45, 7) is 0. The Balaban J connectivity index is 0.000000461. The first-order chi connectivity index (χ1) is 5.30. The third kappa shape index (κ3) is 3.60. The summed E-state index contributed by atoms with van der Waals surface area (Å²) in [7, 11) is 4.07. The van der Waals surface area contributed by atoms with Gasteiger partial charge in [0.15, 0.2) is 0 Å². The number of anilines is 1. The highest BCUT2D eigenvalue weighted by Crippen LogP contribution is 2.07. The normalized spacial score (nSPS) is 8.00. The summed E-state index contributed by atoms with van der Waals surface area (Å²) in [5.41, 5.74) is 1.25. The molecule has 0 heterocycles. The molecule has 1 aromatic carbocycles. The van der Waals surface area contributed by atoms with Gasteiger partial charge in [-0.05, 0) is 12.1 Å². The molecule has 0 amide bonds. The lowest BCUT2D eigenvalue weighted by molar-refractivity contribution is 0.311. The largest absolute Gasteiger partial charge is 0.378 e. The third-order valence-corrected chi connectivity index (χ3v) is 1.27. The van der Waals surface area contributed by atoms with E-state index in [1.807, 2.05) is 32.3 Å². The van der Waals surface area contributed by atoms with Crippen LogP contribution >= 0.6 is 0 Å². The highest BCUT2D eigenvalue weighted by molar-refractivity contribution is 5.43. The summed E-state index contributed by atoms with van der Waals surface area (Å²) in [6, 6.07) is 10.3. The molecule has 0 unspecified atom stereocenters. The van der Waals surface area contributed by atoms with Crippen LogP contribution in [0.2, 0.25) is 0 Å². The predicted molar refractivity (Wildman–Crippen MR) is 46.7 cm³/mol. The molecule has 0 aromatic heterocycles. The molecule has 0 saturated heterocycles. The van der Waals surface area contributed by atoms with Gasteiger partial charge in [-0.1, -0.05) is 18.2 Å². The van der Waals surface area contributed by atoms with Crippen LogP contribution in [0.3, 0.4) is 0 Å². The van der Waals surface area contributed by atoms with E-state index in [-0.39, 0.29) is 0 Å². The maximum absolute atomic E-state index is 6.50. The molecular weight excluding hydrogens is 140 g/mol. The zero-order valence-electron chi connectivity index (χ0n) is 6.86. The van der Waals surface area contributed by atoms with Crippen LogP contribution in [0.25, 0.3) is 0 Å². The molecule has 0 aliphatic carbocycles. The van der Waals surface area contributed by atoms with Crippen LogP contribution in [-0.4, -0.2) is 19.3 Å². The average molecular weight is 154 g/mol. The number of para-hydroxylation sites is 1. The van der Waals surface area contributed by atoms with Gasteiger partial charge in [-0.2, -0.15) is 0 Å². The van der Waals surface area contributed by atoms with E-state index in [0.717, 1.165) is 0 Å². The number of nitrogens with two attached hydrogens (primary N) is 1. The van der Waals surface area contributed by atoms with Gasteiger partial charge in [0.05, 0.1) is 0 Å². The summed E-state index contributed by atoms with van der Waals surface area (Å²) >= 11 is 0. The van der Waals surface area contributed by atoms with Crippen molar-refractivity contribution in [1.29, 1.82) is 0 Å². The minimum absolute atomic E-state index is 1.25. The van der Waals surface area contributed by atoms with Gasteiger partial charge in [-0.3, -0.25) is 0 Å². The lowest BCUT2D eigenvalue weighted by atomic mass is 10.3. The summed E-state index contributed by atoms with van der Waals surface area (Å²) < 4.78 is 0. The molecule has 0 radical (unpaired) electrons. The van der Waals surface area contributed by atoms with E-state index in [4.69, 9.17) is 5.21 Å². The van der Waals surface area contributed by atoms with E-state index in [1.165, 1.54) is 5.69 Å². The lowest BCUT2D eigenvalue weighted by Gasteiger charge is -2.10. The Morgan fingerprint density at radius 2 is 1.55 bits per heavy atom. The summed E-state index contributed by atoms with van der Waals surface area (Å²) in [6.07, 6.45) is 0. The highest BCUT2D eigenvalue weighted by atomic mass is 16.4. The quantitative estimate of drug-likeness (QED) is 0.595. The Hall–Kier alpha value is -1.06. The molecular formula is C8H14N2O. The van der Waals surface area contributed by atoms with Gasteiger partial charge in [0.2, 0.25) is 0 Å². The first kappa shape index (κ1) is 9.94. The van der Waals surface area contributed by atoms with E-state index in [2.05, 4.69) is 22.9 Å². The first-order valence-electron chi connectivity index (χ1n) is 3.29. The molecule has 0 fully saturated rings. The molecule has 0 spiro atoms. The van der Waals surface area contributed by atoms with Crippen LogP contribution in [0, 0.1) is 0 Å². The SMILES string of the molecule is CN(C)c1ccccc1.NO. The summed E-state index contributed by atoms with van der Waals surface area (Å²) in [4.78, 5) is 2.08. The Morgan fingerprint density at radius 1 is 1.09 bits per heavy atom. The van der Waals surface area contributed by atoms with Gasteiger partial charge >= 0.3 is 0 Å². The fourth-order valence-corrected chi connectivity index (χ4v) is 0.726. The van der Waals surface area contributed by atoms with E-state index in [0.29, 0.717) is 0 Å². The highest BCUT2D eigenvalue weighted by Gasteiger charge is 1.87. The molecule has 3 heteroatoms. The molecule has 1 rings (SSSR count). The van der Waals surface area contributed by atoms with Crippen molar-refractivity contribution in [1.82, 2.24) is 0 Å². The van der Waals surface area contributed by atoms with Crippen molar-refractivity contribution in [3.63, 3.8) is 0 Å². The van der Waals surface area contributed by atoms with E-state index < -0.39 is 0 Å². The van der Waals surface area contributed by atoms with Gasteiger partial charge in [-0.25, -0.2) is 5.90 Å². The van der Waals surface area contributed by atoms with Crippen molar-refractivity contribution >= 4 is 5.69 Å². The van der Waals surface area contributed by atoms with Crippen LogP contribution in [0.1, 0.15) is 0 Å². The standard InChI is InChI=1S/C8H11N.H3NO/c1-9(2)8-6-4-3-5-7-8;1-2/h3-7H,1-2H3;2H,1H2. The van der Waals surface area contributed by atoms with Crippen LogP contribution in [0.4, 0.5) is 5.69 Å². The van der Waals surface area contributed by atoms with Crippen LogP contribution in [-0.2, 0) is 0 Å². The maximum atomic E-state index is 6.50. The number of hydrogen-bond acceptors (Lipinski definition) is 3. The monoisotopic (exact) mass is 154 g/mol. The average Bonchev–Trinajstić information content (AvgIpc) is 2.10. The van der Waals surface area contributed by atoms with Gasteiger partial charge in [0.25, 0.3) is 0 Å². The van der Waals surface area contributed by atoms with Gasteiger partial charge in [-0.15, -0.1) is 0 Å². The summed E-state index contributed by atoms with van der Waals surface area (Å²) in [5, 5.41) is 6.50. The molecule has 0 saturated carbocycles. The van der Waals surface area contributed by atoms with E-state index >= 15 is 0 Å². The van der Waals surface area contributed by atoms with Gasteiger partial charge in [0.1, 0.15) is 0 Å². The Bertz CT molecular complexity index is 175. The molecule has 62 valence electrons. The van der Waals surface area contributed by atoms with Crippen molar-refractivity contribution in [3.05, 3.63) is 30.3 Å². The third-order valence-electron chi connectivity index (χ3n) is 1.27. The molecule has 0 atom stereocenters. The fraction of sp³-hybridized carbons (Fsp3) is 0.250. The second-order valence-electron chi connectivity index (χ2n) is 2.23. The maximum Gasteiger partial charge on any atom is 0.0360 e. The minimum atomic E-state index is 1.25. The fourth-order valence-electron chi connectivity index (χ4n) is 0.726. The van der Waals surface area contributed by atoms with Crippen molar-refractivity contribution in [2.24, 2.45) is 5.90 Å². The molecule has 1 aromatic rings. The molecule has 0 bridgehead atoms. The first-order valence-corrected chi connectivity index (χ1v) is 3.29. The number of hydrogen-bond donors (Lipinski definition) is 2. The molecule has 0 aliphatic rings. The zero-order valence-corrected chi connectivity index (χ0v) is 6.86. The number of rotatable bonds is 1. The van der Waals surface area contributed by atoms with Gasteiger partial charge in [0, 0.05) is 19.8 Å². The molecule has 0 aliphatic heterocycles. The van der Waals surface area contributed by atoms with Crippen LogP contribution in [0.15, 0.2) is 30.3 Å². The molecule has 3 nitrogen and oxygen atoms in total. The van der Waals surface area contributed by atoms with Crippen LogP contribution in [0.5, 0.6) is 0 Å². The Labute approximate surface area is 67.0 Å². The van der Waals surface area contributed by atoms with Crippen LogP contribution < -0.4 is 10.8 Å². The summed E-state index contributed by atoms with van der Waals surface area (Å²) in [5.74, 6) is 3.50. The Morgan fingerprint density at radius 3 is 1.82 bits per heavy atom. The smallest absolute Gasteiger partial charge is 0.0360 e. The van der Waals surface area contributed by atoms with Gasteiger partial charge < -0.3 is 10.1 Å². The van der Waals surface area contributed by atoms with Crippen molar-refractivity contribution < 1.29 is 5.21 Å². The topological polar surface area (TPSA) is 49.5 Å². The zero-order chi connectivity index (χ0) is 8.69. The Kier molecular flexibility index (Phi) is 5.15. The van der Waals surface area contributed by atoms with Crippen molar-refractivity contribution in [2.45, 2.75) is 0 Å². The lowest BCUT2D eigenvalue weighted by Crippen LogP contribution is -2.07. The minimum Gasteiger partial charge on any atom is -0.378 e. The number of benzene rings is 1. The molecule has 11 heavy (non-hydrogen) atoms. The van der Waals surface area contributed by atoms with E-state index in [1.54, 1.807) is 0 Å².